The van der Waals surface area contributed by atoms with Gasteiger partial charge in [-0.3, -0.25) is 0 Å². The van der Waals surface area contributed by atoms with Gasteiger partial charge in [-0.1, -0.05) is 0 Å². The summed E-state index contributed by atoms with van der Waals surface area (Å²) in [6, 6.07) is 0. The van der Waals surface area contributed by atoms with E-state index in [2.05, 4.69) is 20.1 Å². The molecule has 1 saturated heterocycles. The Labute approximate surface area is 188 Å². The number of ether oxygens (including phenoxy) is 3. The number of carbonyl (C=O) groups excluding carboxylic acids is 1. The third-order valence-electron chi connectivity index (χ3n) is 5.66. The van der Waals surface area contributed by atoms with Crippen molar-refractivity contribution in [1.29, 1.82) is 0 Å². The van der Waals surface area contributed by atoms with Crippen LogP contribution in [0.4, 0.5) is 4.79 Å². The zero-order chi connectivity index (χ0) is 22.6. The van der Waals surface area contributed by atoms with Gasteiger partial charge in [0.05, 0.1) is 24.6 Å². The lowest BCUT2D eigenvalue weighted by Gasteiger charge is -2.36. The molecule has 32 heavy (non-hydrogen) atoms. The van der Waals surface area contributed by atoms with Gasteiger partial charge >= 0.3 is 6.09 Å². The molecule has 3 heterocycles. The van der Waals surface area contributed by atoms with E-state index >= 15 is 0 Å². The molecule has 2 aromatic rings. The van der Waals surface area contributed by atoms with Gasteiger partial charge in [0.25, 0.3) is 0 Å². The second kappa shape index (κ2) is 9.81. The molecule has 0 spiro atoms. The van der Waals surface area contributed by atoms with Gasteiger partial charge < -0.3 is 19.1 Å². The predicted octanol–water partition coefficient (Wildman–Crippen LogP) is 3.16. The molecule has 2 aromatic heterocycles. The molecule has 174 valence electrons. The topological polar surface area (TPSA) is 104 Å². The molecule has 0 bridgehead atoms. The van der Waals surface area contributed by atoms with Gasteiger partial charge in [0.1, 0.15) is 24.4 Å². The molecule has 2 fully saturated rings. The third-order valence-corrected chi connectivity index (χ3v) is 5.66. The first-order valence-corrected chi connectivity index (χ1v) is 11.3. The molecule has 0 unspecified atom stereocenters. The number of hydrogen-bond acceptors (Lipinski definition) is 8. The standard InChI is InChI=1S/C22H32N6O4/c1-22(2,3)32-21(29)27-10-8-18(9-11-27)30-16-4-6-17(7-5-16)31-20-13-24-19(12-25-20)28-15-23-14-26-28/h12-18H,4-11H2,1-3H3/t16-,17-. The van der Waals surface area contributed by atoms with Gasteiger partial charge in [-0.2, -0.15) is 5.10 Å². The molecule has 0 aromatic carbocycles. The summed E-state index contributed by atoms with van der Waals surface area (Å²) in [6.07, 6.45) is 12.1. The van der Waals surface area contributed by atoms with Crippen LogP contribution in [0.25, 0.3) is 5.82 Å². The van der Waals surface area contributed by atoms with Gasteiger partial charge in [-0.15, -0.1) is 0 Å². The van der Waals surface area contributed by atoms with E-state index in [-0.39, 0.29) is 24.4 Å². The Morgan fingerprint density at radius 1 is 0.969 bits per heavy atom. The molecule has 10 heteroatoms. The molecule has 4 rings (SSSR count). The molecule has 10 nitrogen and oxygen atoms in total. The second-order valence-corrected chi connectivity index (χ2v) is 9.37. The maximum atomic E-state index is 12.2. The van der Waals surface area contributed by atoms with E-state index < -0.39 is 5.60 Å². The fourth-order valence-corrected chi connectivity index (χ4v) is 4.05. The van der Waals surface area contributed by atoms with Crippen molar-refractivity contribution in [2.75, 3.05) is 13.1 Å². The van der Waals surface area contributed by atoms with Crippen molar-refractivity contribution in [3.8, 4) is 11.7 Å². The summed E-state index contributed by atoms with van der Waals surface area (Å²) in [5, 5.41) is 4.04. The Bertz CT molecular complexity index is 852. The monoisotopic (exact) mass is 444 g/mol. The summed E-state index contributed by atoms with van der Waals surface area (Å²) in [5.74, 6) is 1.12. The number of piperidine rings is 1. The van der Waals surface area contributed by atoms with Crippen LogP contribution in [-0.2, 0) is 9.47 Å². The number of aromatic nitrogens is 5. The number of amides is 1. The molecule has 2 aliphatic rings. The highest BCUT2D eigenvalue weighted by Crippen LogP contribution is 2.27. The van der Waals surface area contributed by atoms with E-state index in [1.807, 2.05) is 20.8 Å². The summed E-state index contributed by atoms with van der Waals surface area (Å²) in [6.45, 7) is 7.03. The SMILES string of the molecule is CC(C)(C)OC(=O)N1CCC(O[C@H]2CC[C@H](Oc3cnc(-n4cncn4)cn3)CC2)CC1. The minimum atomic E-state index is -0.462. The van der Waals surface area contributed by atoms with Gasteiger partial charge in [0, 0.05) is 13.1 Å². The number of likely N-dealkylation sites (tertiary alicyclic amines) is 1. The van der Waals surface area contributed by atoms with E-state index in [1.54, 1.807) is 28.3 Å². The van der Waals surface area contributed by atoms with Gasteiger partial charge in [0.2, 0.25) is 5.88 Å². The number of rotatable bonds is 5. The van der Waals surface area contributed by atoms with Crippen LogP contribution in [0.3, 0.4) is 0 Å². The first-order valence-electron chi connectivity index (χ1n) is 11.3. The molecule has 1 amide bonds. The van der Waals surface area contributed by atoms with Crippen LogP contribution in [0.5, 0.6) is 5.88 Å². The minimum Gasteiger partial charge on any atom is -0.473 e. The molecule has 0 atom stereocenters. The van der Waals surface area contributed by atoms with Crippen LogP contribution in [0.1, 0.15) is 59.3 Å². The fraction of sp³-hybridized carbons (Fsp3) is 0.682. The van der Waals surface area contributed by atoms with Crippen LogP contribution < -0.4 is 4.74 Å². The minimum absolute atomic E-state index is 0.121. The first-order chi connectivity index (χ1) is 15.4. The Kier molecular flexibility index (Phi) is 6.88. The summed E-state index contributed by atoms with van der Waals surface area (Å²) in [4.78, 5) is 26.6. The van der Waals surface area contributed by atoms with Crippen molar-refractivity contribution in [2.24, 2.45) is 0 Å². The quantitative estimate of drug-likeness (QED) is 0.693. The fourth-order valence-electron chi connectivity index (χ4n) is 4.05. The highest BCUT2D eigenvalue weighted by Gasteiger charge is 2.30. The van der Waals surface area contributed by atoms with E-state index in [1.165, 1.54) is 6.33 Å². The lowest BCUT2D eigenvalue weighted by molar-refractivity contribution is -0.0678. The summed E-state index contributed by atoms with van der Waals surface area (Å²) < 4.78 is 19.4. The Morgan fingerprint density at radius 2 is 1.66 bits per heavy atom. The Hall–Kier alpha value is -2.75. The molecule has 0 N–H and O–H groups in total. The largest absolute Gasteiger partial charge is 0.473 e. The van der Waals surface area contributed by atoms with Crippen LogP contribution >= 0.6 is 0 Å². The van der Waals surface area contributed by atoms with Gasteiger partial charge in [-0.25, -0.2) is 24.4 Å². The zero-order valence-electron chi connectivity index (χ0n) is 19.0. The van der Waals surface area contributed by atoms with E-state index in [0.717, 1.165) is 38.5 Å². The smallest absolute Gasteiger partial charge is 0.410 e. The summed E-state index contributed by atoms with van der Waals surface area (Å²) in [7, 11) is 0. The number of hydrogen-bond donors (Lipinski definition) is 0. The van der Waals surface area contributed by atoms with Crippen molar-refractivity contribution < 1.29 is 19.0 Å². The highest BCUT2D eigenvalue weighted by atomic mass is 16.6. The Balaban J connectivity index is 1.16. The van der Waals surface area contributed by atoms with Gasteiger partial charge in [0.15, 0.2) is 5.82 Å². The number of carbonyl (C=O) groups is 1. The lowest BCUT2D eigenvalue weighted by atomic mass is 9.94. The van der Waals surface area contributed by atoms with Crippen molar-refractivity contribution in [1.82, 2.24) is 29.6 Å². The van der Waals surface area contributed by atoms with Crippen LogP contribution in [0, 0.1) is 0 Å². The summed E-state index contributed by atoms with van der Waals surface area (Å²) >= 11 is 0. The normalized spacial score (nSPS) is 22.5. The average Bonchev–Trinajstić information content (AvgIpc) is 3.30. The first kappa shape index (κ1) is 22.4. The molecular formula is C22H32N6O4. The second-order valence-electron chi connectivity index (χ2n) is 9.37. The average molecular weight is 445 g/mol. The highest BCUT2D eigenvalue weighted by molar-refractivity contribution is 5.68. The van der Waals surface area contributed by atoms with E-state index in [0.29, 0.717) is 24.8 Å². The van der Waals surface area contributed by atoms with Crippen LogP contribution in [-0.4, -0.2) is 72.7 Å². The van der Waals surface area contributed by atoms with Crippen molar-refractivity contribution in [2.45, 2.75) is 83.2 Å². The molecule has 1 saturated carbocycles. The van der Waals surface area contributed by atoms with E-state index in [9.17, 15) is 4.79 Å². The van der Waals surface area contributed by atoms with Crippen LogP contribution in [0.15, 0.2) is 25.0 Å². The van der Waals surface area contributed by atoms with Crippen molar-refractivity contribution in [3.63, 3.8) is 0 Å². The van der Waals surface area contributed by atoms with Crippen LogP contribution in [0.2, 0.25) is 0 Å². The van der Waals surface area contributed by atoms with Crippen molar-refractivity contribution >= 4 is 6.09 Å². The molecule has 1 aliphatic heterocycles. The van der Waals surface area contributed by atoms with Crippen molar-refractivity contribution in [3.05, 3.63) is 25.0 Å². The molecular weight excluding hydrogens is 412 g/mol. The third kappa shape index (κ3) is 6.15. The maximum Gasteiger partial charge on any atom is 0.410 e. The van der Waals surface area contributed by atoms with E-state index in [4.69, 9.17) is 14.2 Å². The maximum absolute atomic E-state index is 12.2. The predicted molar refractivity (Wildman–Crippen MR) is 116 cm³/mol. The van der Waals surface area contributed by atoms with Gasteiger partial charge in [-0.05, 0) is 59.3 Å². The molecule has 1 aliphatic carbocycles. The lowest BCUT2D eigenvalue weighted by Crippen LogP contribution is -2.44. The zero-order valence-corrected chi connectivity index (χ0v) is 19.0. The Morgan fingerprint density at radius 3 is 2.25 bits per heavy atom. The summed E-state index contributed by atoms with van der Waals surface area (Å²) in [5.41, 5.74) is -0.462. The molecule has 0 radical (unpaired) electrons. The number of nitrogens with zero attached hydrogens (tertiary/aromatic N) is 6.